The van der Waals surface area contributed by atoms with Crippen molar-refractivity contribution in [2.75, 3.05) is 7.11 Å². The zero-order chi connectivity index (χ0) is 29.8. The molecule has 8 atom stereocenters. The first-order valence-electron chi connectivity index (χ1n) is 15.0. The Morgan fingerprint density at radius 1 is 1.05 bits per heavy atom. The van der Waals surface area contributed by atoms with Crippen molar-refractivity contribution in [1.82, 2.24) is 10.2 Å². The maximum atomic E-state index is 14.4. The Morgan fingerprint density at radius 3 is 2.41 bits per heavy atom. The predicted molar refractivity (Wildman–Crippen MR) is 149 cm³/mol. The molecule has 3 saturated carbocycles. The summed E-state index contributed by atoms with van der Waals surface area (Å²) in [5.74, 6) is -0.331. The number of ether oxygens (including phenoxy) is 1. The minimum atomic E-state index is -1.18. The number of aryl methyl sites for hydroxylation is 1. The molecule has 0 saturated heterocycles. The highest BCUT2D eigenvalue weighted by Crippen LogP contribution is 2.70. The van der Waals surface area contributed by atoms with Crippen LogP contribution in [-0.4, -0.2) is 34.8 Å². The SMILES string of the molecule is COC(=O)[C@@]12CCC3C(C(=O)C=C4[C@@]5(C)C=C(C#N)C(=O)[C@@](C)(c6nnc(C)o6)C5CC[C@]43C)C1CC(C)(C)CC2. The molecular formula is C33H41N3O5. The average Bonchev–Trinajstić information content (AvgIpc) is 3.37. The van der Waals surface area contributed by atoms with E-state index in [1.54, 1.807) is 6.92 Å². The van der Waals surface area contributed by atoms with Gasteiger partial charge in [0.1, 0.15) is 11.5 Å². The Hall–Kier alpha value is -3.08. The number of carbonyl (C=O) groups is 3. The van der Waals surface area contributed by atoms with E-state index in [9.17, 15) is 19.6 Å². The van der Waals surface area contributed by atoms with E-state index in [1.807, 2.05) is 19.1 Å². The van der Waals surface area contributed by atoms with E-state index in [-0.39, 0.29) is 63.5 Å². The van der Waals surface area contributed by atoms with E-state index >= 15 is 0 Å². The third-order valence-corrected chi connectivity index (χ3v) is 12.3. The van der Waals surface area contributed by atoms with Crippen molar-refractivity contribution < 1.29 is 23.5 Å². The lowest BCUT2D eigenvalue weighted by Crippen LogP contribution is -2.62. The lowest BCUT2D eigenvalue weighted by Gasteiger charge is -2.64. The largest absolute Gasteiger partial charge is 0.469 e. The molecule has 0 radical (unpaired) electrons. The second-order valence-corrected chi connectivity index (χ2v) is 14.9. The van der Waals surface area contributed by atoms with Crippen molar-refractivity contribution in [3.05, 3.63) is 35.1 Å². The molecule has 6 rings (SSSR count). The number of ketones is 2. The highest BCUT2D eigenvalue weighted by Gasteiger charge is 2.68. The lowest BCUT2D eigenvalue weighted by molar-refractivity contribution is -0.178. The Kier molecular flexibility index (Phi) is 5.97. The maximum Gasteiger partial charge on any atom is 0.312 e. The predicted octanol–water partition coefficient (Wildman–Crippen LogP) is 5.61. The van der Waals surface area contributed by atoms with Crippen LogP contribution in [0.25, 0.3) is 0 Å². The smallest absolute Gasteiger partial charge is 0.312 e. The summed E-state index contributed by atoms with van der Waals surface area (Å²) in [4.78, 5) is 41.6. The van der Waals surface area contributed by atoms with Gasteiger partial charge >= 0.3 is 5.97 Å². The van der Waals surface area contributed by atoms with Crippen molar-refractivity contribution in [2.24, 2.45) is 45.3 Å². The van der Waals surface area contributed by atoms with Crippen LogP contribution < -0.4 is 0 Å². The van der Waals surface area contributed by atoms with Gasteiger partial charge in [0.05, 0.1) is 18.1 Å². The molecule has 5 aliphatic rings. The molecule has 0 bridgehead atoms. The molecule has 1 aromatic rings. The number of hydrogen-bond acceptors (Lipinski definition) is 8. The summed E-state index contributed by atoms with van der Waals surface area (Å²) in [6, 6.07) is 2.15. The van der Waals surface area contributed by atoms with Gasteiger partial charge in [-0.1, -0.05) is 39.3 Å². The summed E-state index contributed by atoms with van der Waals surface area (Å²) in [7, 11) is 1.47. The van der Waals surface area contributed by atoms with E-state index in [1.165, 1.54) is 7.11 Å². The molecule has 3 fully saturated rings. The van der Waals surface area contributed by atoms with Crippen LogP contribution in [-0.2, 0) is 24.5 Å². The molecule has 218 valence electrons. The van der Waals surface area contributed by atoms with Crippen LogP contribution in [0, 0.1) is 63.6 Å². The Bertz CT molecular complexity index is 1460. The highest BCUT2D eigenvalue weighted by atomic mass is 16.5. The van der Waals surface area contributed by atoms with E-state index in [4.69, 9.17) is 9.15 Å². The summed E-state index contributed by atoms with van der Waals surface area (Å²) >= 11 is 0. The van der Waals surface area contributed by atoms with Crippen LogP contribution in [0.4, 0.5) is 0 Å². The number of aromatic nitrogens is 2. The van der Waals surface area contributed by atoms with Crippen molar-refractivity contribution in [2.45, 2.75) is 91.9 Å². The molecule has 0 aromatic carbocycles. The first-order valence-corrected chi connectivity index (χ1v) is 15.0. The molecule has 5 aliphatic carbocycles. The van der Waals surface area contributed by atoms with Gasteiger partial charge < -0.3 is 9.15 Å². The van der Waals surface area contributed by atoms with Crippen LogP contribution in [0.5, 0.6) is 0 Å². The zero-order valence-electron chi connectivity index (χ0n) is 25.3. The third-order valence-electron chi connectivity index (χ3n) is 12.3. The minimum absolute atomic E-state index is 0.0388. The molecule has 0 aliphatic heterocycles. The van der Waals surface area contributed by atoms with Crippen molar-refractivity contribution in [1.29, 1.82) is 5.26 Å². The second-order valence-electron chi connectivity index (χ2n) is 14.9. The number of rotatable bonds is 2. The van der Waals surface area contributed by atoms with Crippen LogP contribution in [0.15, 0.2) is 27.7 Å². The number of hydrogen-bond donors (Lipinski definition) is 0. The number of carbonyl (C=O) groups excluding carboxylic acids is 3. The molecule has 4 unspecified atom stereocenters. The number of nitrogens with zero attached hydrogens (tertiary/aromatic N) is 3. The first kappa shape index (κ1) is 28.1. The molecular weight excluding hydrogens is 518 g/mol. The van der Waals surface area contributed by atoms with E-state index in [2.05, 4.69) is 44.0 Å². The van der Waals surface area contributed by atoms with Crippen molar-refractivity contribution >= 4 is 17.5 Å². The molecule has 1 heterocycles. The van der Waals surface area contributed by atoms with E-state index in [0.717, 1.165) is 37.7 Å². The number of fused-ring (bicyclic) bond motifs is 7. The van der Waals surface area contributed by atoms with Crippen LogP contribution in [0.2, 0.25) is 0 Å². The fourth-order valence-corrected chi connectivity index (χ4v) is 10.3. The van der Waals surface area contributed by atoms with Gasteiger partial charge in [-0.25, -0.2) is 0 Å². The average molecular weight is 560 g/mol. The van der Waals surface area contributed by atoms with Crippen LogP contribution in [0.1, 0.15) is 91.3 Å². The standard InChI is InChI=1S/C33H41N3O5/c1-18-35-36-27(41-18)32(6)23-9-10-30(4)20-8-11-33(28(39)40-7)13-12-29(2,3)16-21(33)25(20)22(37)14-24(30)31(23,5)15-19(17-34)26(32)38/h14-15,20-21,23,25H,8-13,16H2,1-7H3/t20?,21?,23?,25?,30-,31-,32-,33+/m0/s1. The summed E-state index contributed by atoms with van der Waals surface area (Å²) in [6.07, 6.45) is 9.13. The monoisotopic (exact) mass is 559 g/mol. The molecule has 0 amide bonds. The molecule has 0 N–H and O–H groups in total. The van der Waals surface area contributed by atoms with Crippen molar-refractivity contribution in [3.8, 4) is 6.07 Å². The van der Waals surface area contributed by atoms with Gasteiger partial charge in [0, 0.05) is 18.3 Å². The number of methoxy groups -OCH3 is 1. The summed E-state index contributed by atoms with van der Waals surface area (Å²) in [6.45, 7) is 12.3. The zero-order valence-corrected chi connectivity index (χ0v) is 25.3. The fourth-order valence-electron chi connectivity index (χ4n) is 10.3. The molecule has 8 heteroatoms. The number of esters is 1. The van der Waals surface area contributed by atoms with Gasteiger partial charge in [-0.05, 0) is 86.5 Å². The van der Waals surface area contributed by atoms with E-state index in [0.29, 0.717) is 18.7 Å². The van der Waals surface area contributed by atoms with Crippen LogP contribution in [0.3, 0.4) is 0 Å². The van der Waals surface area contributed by atoms with Gasteiger partial charge in [-0.3, -0.25) is 14.4 Å². The highest BCUT2D eigenvalue weighted by molar-refractivity contribution is 6.07. The second kappa shape index (κ2) is 8.72. The number of Topliss-reactive ketones (excluding diaryl/α,β-unsaturated/α-hetero) is 1. The van der Waals surface area contributed by atoms with E-state index < -0.39 is 16.2 Å². The minimum Gasteiger partial charge on any atom is -0.469 e. The number of allylic oxidation sites excluding steroid dienone is 4. The quantitative estimate of drug-likeness (QED) is 0.428. The van der Waals surface area contributed by atoms with Gasteiger partial charge in [0.2, 0.25) is 11.8 Å². The van der Waals surface area contributed by atoms with Crippen LogP contribution >= 0.6 is 0 Å². The van der Waals surface area contributed by atoms with Gasteiger partial charge in [0.15, 0.2) is 11.6 Å². The summed E-state index contributed by atoms with van der Waals surface area (Å²) in [5, 5.41) is 18.4. The number of nitriles is 1. The Morgan fingerprint density at radius 2 is 1.78 bits per heavy atom. The Balaban J connectivity index is 1.51. The molecule has 0 spiro atoms. The van der Waals surface area contributed by atoms with Crippen molar-refractivity contribution in [3.63, 3.8) is 0 Å². The van der Waals surface area contributed by atoms with Gasteiger partial charge in [-0.2, -0.15) is 5.26 Å². The van der Waals surface area contributed by atoms with Gasteiger partial charge in [-0.15, -0.1) is 10.2 Å². The fraction of sp³-hybridized carbons (Fsp3) is 0.697. The topological polar surface area (TPSA) is 123 Å². The third kappa shape index (κ3) is 3.53. The van der Waals surface area contributed by atoms with Gasteiger partial charge in [0.25, 0.3) is 0 Å². The molecule has 8 nitrogen and oxygen atoms in total. The summed E-state index contributed by atoms with van der Waals surface area (Å²) < 4.78 is 11.3. The molecule has 1 aromatic heterocycles. The first-order chi connectivity index (χ1) is 19.2. The maximum absolute atomic E-state index is 14.4. The normalized spacial score (nSPS) is 42.9. The Labute approximate surface area is 242 Å². The lowest BCUT2D eigenvalue weighted by atomic mass is 9.38. The molecule has 41 heavy (non-hydrogen) atoms. The summed E-state index contributed by atoms with van der Waals surface area (Å²) in [5.41, 5.74) is -1.75.